The van der Waals surface area contributed by atoms with Gasteiger partial charge in [-0.1, -0.05) is 93.6 Å². The van der Waals surface area contributed by atoms with Crippen molar-refractivity contribution in [2.45, 2.75) is 77.0 Å². The van der Waals surface area contributed by atoms with Crippen LogP contribution < -0.4 is 30.2 Å². The van der Waals surface area contributed by atoms with Gasteiger partial charge < -0.3 is 39.4 Å². The lowest BCUT2D eigenvalue weighted by Gasteiger charge is -2.43. The second-order valence-corrected chi connectivity index (χ2v) is 20.8. The highest BCUT2D eigenvalue weighted by atomic mass is 28.4. The maximum Gasteiger partial charge on any atom is 0.320 e. The first-order valence-corrected chi connectivity index (χ1v) is 22.9. The first-order valence-electron chi connectivity index (χ1n) is 21.0. The second kappa shape index (κ2) is 20.2. The summed E-state index contributed by atoms with van der Waals surface area (Å²) in [7, 11) is -2.73. The van der Waals surface area contributed by atoms with Gasteiger partial charge in [-0.2, -0.15) is 0 Å². The summed E-state index contributed by atoms with van der Waals surface area (Å²) in [4.78, 5) is 29.0. The van der Waals surface area contributed by atoms with Gasteiger partial charge in [0.05, 0.1) is 12.5 Å². The van der Waals surface area contributed by atoms with Crippen LogP contribution in [0.1, 0.15) is 58.9 Å². The van der Waals surface area contributed by atoms with Gasteiger partial charge in [0, 0.05) is 44.5 Å². The van der Waals surface area contributed by atoms with Crippen LogP contribution in [-0.2, 0) is 16.0 Å². The number of hydrogen-bond donors (Lipinski definition) is 3. The van der Waals surface area contributed by atoms with Crippen molar-refractivity contribution in [2.24, 2.45) is 5.92 Å². The van der Waals surface area contributed by atoms with Crippen molar-refractivity contribution in [1.82, 2.24) is 15.1 Å². The lowest BCUT2D eigenvalue weighted by Crippen LogP contribution is -2.68. The largest absolute Gasteiger partial charge is 0.534 e. The highest BCUT2D eigenvalue weighted by Crippen LogP contribution is 2.38. The Bertz CT molecular complexity index is 1820. The molecular weight excluding hydrogens is 745 g/mol. The third kappa shape index (κ3) is 11.0. The molecule has 58 heavy (non-hydrogen) atoms. The van der Waals surface area contributed by atoms with Crippen molar-refractivity contribution in [1.29, 1.82) is 0 Å². The van der Waals surface area contributed by atoms with Crippen molar-refractivity contribution in [3.05, 3.63) is 115 Å². The van der Waals surface area contributed by atoms with E-state index in [2.05, 4.69) is 104 Å². The summed E-state index contributed by atoms with van der Waals surface area (Å²) in [5.74, 6) is 1.25. The molecule has 0 spiro atoms. The van der Waals surface area contributed by atoms with E-state index in [1.807, 2.05) is 53.1 Å². The average molecular weight is 807 g/mol. The molecule has 2 aliphatic rings. The molecule has 0 aliphatic carbocycles. The molecule has 0 aromatic heterocycles. The van der Waals surface area contributed by atoms with Crippen LogP contribution in [0.2, 0.25) is 5.04 Å². The van der Waals surface area contributed by atoms with Gasteiger partial charge in [-0.15, -0.1) is 0 Å². The predicted molar refractivity (Wildman–Crippen MR) is 234 cm³/mol. The molecule has 11 heteroatoms. The monoisotopic (exact) mass is 806 g/mol. The Morgan fingerprint density at radius 2 is 1.33 bits per heavy atom. The topological polar surface area (TPSA) is 113 Å². The average Bonchev–Trinajstić information content (AvgIpc) is 3.25. The molecule has 0 saturated carbocycles. The van der Waals surface area contributed by atoms with Crippen LogP contribution in [-0.4, -0.2) is 99.9 Å². The summed E-state index contributed by atoms with van der Waals surface area (Å²) in [6, 6.07) is 37.9. The van der Waals surface area contributed by atoms with Crippen LogP contribution in [0.25, 0.3) is 0 Å². The van der Waals surface area contributed by atoms with Gasteiger partial charge in [0.1, 0.15) is 24.2 Å². The van der Waals surface area contributed by atoms with Crippen molar-refractivity contribution in [3.8, 4) is 11.5 Å². The number of benzene rings is 4. The van der Waals surface area contributed by atoms with Crippen LogP contribution in [0.15, 0.2) is 109 Å². The molecular formula is C47H62N4O6Si. The molecule has 2 amide bonds. The van der Waals surface area contributed by atoms with Crippen molar-refractivity contribution in [3.63, 3.8) is 0 Å². The van der Waals surface area contributed by atoms with Gasteiger partial charge in [0.2, 0.25) is 0 Å². The Kier molecular flexibility index (Phi) is 14.9. The number of hydrogen-bond acceptors (Lipinski definition) is 8. The highest BCUT2D eigenvalue weighted by Gasteiger charge is 2.52. The number of anilines is 1. The lowest BCUT2D eigenvalue weighted by molar-refractivity contribution is -0.149. The van der Waals surface area contributed by atoms with Gasteiger partial charge >= 0.3 is 20.3 Å². The fourth-order valence-corrected chi connectivity index (χ4v) is 12.6. The number of amides is 2. The molecule has 3 N–H and O–H groups in total. The highest BCUT2D eigenvalue weighted by molar-refractivity contribution is 7.00. The zero-order valence-electron chi connectivity index (χ0n) is 34.7. The normalized spacial score (nSPS) is 16.1. The van der Waals surface area contributed by atoms with E-state index in [4.69, 9.17) is 13.9 Å². The third-order valence-corrected chi connectivity index (χ3v) is 16.3. The zero-order valence-corrected chi connectivity index (χ0v) is 35.7. The Labute approximate surface area is 346 Å². The van der Waals surface area contributed by atoms with Gasteiger partial charge in [-0.25, -0.2) is 4.79 Å². The van der Waals surface area contributed by atoms with E-state index >= 15 is 0 Å². The summed E-state index contributed by atoms with van der Waals surface area (Å²) < 4.78 is 18.2. The van der Waals surface area contributed by atoms with Gasteiger partial charge in [-0.05, 0) is 103 Å². The molecule has 2 saturated heterocycles. The number of nitrogens with one attached hydrogen (secondary N) is 2. The van der Waals surface area contributed by atoms with E-state index in [1.165, 1.54) is 15.9 Å². The fourth-order valence-electron chi connectivity index (χ4n) is 8.17. The van der Waals surface area contributed by atoms with Gasteiger partial charge in [0.15, 0.2) is 0 Å². The van der Waals surface area contributed by atoms with E-state index in [-0.39, 0.29) is 29.6 Å². The number of ether oxygens (including phenoxy) is 2. The minimum atomic E-state index is -2.73. The Morgan fingerprint density at radius 1 is 0.776 bits per heavy atom. The van der Waals surface area contributed by atoms with Crippen LogP contribution in [0.4, 0.5) is 10.5 Å². The predicted octanol–water partition coefficient (Wildman–Crippen LogP) is 6.47. The van der Waals surface area contributed by atoms with E-state index in [1.54, 1.807) is 0 Å². The SMILES string of the molecule is CCOC(=O)C1CCN(C(=O)N2CCC(Nc3ccc(CCNC[C@H](O)COc4ccc(O[Si](c5ccccc5)(c5ccccc5)C(C)(C)C)cc4)cc3)CC2)CC1. The van der Waals surface area contributed by atoms with Crippen LogP contribution in [0, 0.1) is 5.92 Å². The number of aliphatic hydroxyl groups is 1. The minimum absolute atomic E-state index is 0.0855. The molecule has 0 unspecified atom stereocenters. The molecule has 310 valence electrons. The molecule has 10 nitrogen and oxygen atoms in total. The Balaban J connectivity index is 0.885. The molecule has 0 radical (unpaired) electrons. The molecule has 6 rings (SSSR count). The number of rotatable bonds is 16. The first-order chi connectivity index (χ1) is 28.1. The Morgan fingerprint density at radius 3 is 1.88 bits per heavy atom. The molecule has 1 atom stereocenters. The first kappa shape index (κ1) is 42.8. The molecule has 2 heterocycles. The summed E-state index contributed by atoms with van der Waals surface area (Å²) in [5.41, 5.74) is 2.30. The minimum Gasteiger partial charge on any atom is -0.534 e. The van der Waals surface area contributed by atoms with Crippen LogP contribution >= 0.6 is 0 Å². The van der Waals surface area contributed by atoms with Crippen molar-refractivity contribution in [2.75, 3.05) is 57.8 Å². The van der Waals surface area contributed by atoms with E-state index in [0.29, 0.717) is 50.9 Å². The smallest absolute Gasteiger partial charge is 0.320 e. The number of likely N-dealkylation sites (tertiary alicyclic amines) is 2. The standard InChI is InChI=1S/C47H62N4O6Si/c1-5-55-45(53)37-25-30-50(31-26-37)46(54)51-32-27-39(28-33-51)49-38-18-16-36(17-19-38)24-29-48-34-40(52)35-56-41-20-22-42(23-21-41)57-58(47(2,3)4,43-12-8-6-9-13-43)44-14-10-7-11-15-44/h6-23,37,39-40,48-49,52H,5,24-35H2,1-4H3/t40-/m0/s1. The number of piperidine rings is 2. The number of aliphatic hydroxyl groups excluding tert-OH is 1. The van der Waals surface area contributed by atoms with E-state index in [9.17, 15) is 14.7 Å². The Hall–Kier alpha value is -4.84. The molecule has 0 bridgehead atoms. The summed E-state index contributed by atoms with van der Waals surface area (Å²) >= 11 is 0. The fraction of sp³-hybridized carbons (Fsp3) is 0.447. The van der Waals surface area contributed by atoms with Crippen LogP contribution in [0.5, 0.6) is 11.5 Å². The van der Waals surface area contributed by atoms with Crippen LogP contribution in [0.3, 0.4) is 0 Å². The number of carbonyl (C=O) groups is 2. The summed E-state index contributed by atoms with van der Waals surface area (Å²) in [5, 5.41) is 20.0. The maximum atomic E-state index is 13.1. The molecule has 2 fully saturated rings. The zero-order chi connectivity index (χ0) is 41.0. The van der Waals surface area contributed by atoms with E-state index < -0.39 is 14.4 Å². The van der Waals surface area contributed by atoms with Gasteiger partial charge in [-0.3, -0.25) is 4.79 Å². The lowest BCUT2D eigenvalue weighted by atomic mass is 9.97. The summed E-state index contributed by atoms with van der Waals surface area (Å²) in [6.07, 6.45) is 3.33. The van der Waals surface area contributed by atoms with Crippen molar-refractivity contribution < 1.29 is 28.6 Å². The van der Waals surface area contributed by atoms with Crippen molar-refractivity contribution >= 4 is 36.4 Å². The number of esters is 1. The quantitative estimate of drug-likeness (QED) is 0.0672. The van der Waals surface area contributed by atoms with Gasteiger partial charge in [0.25, 0.3) is 0 Å². The number of nitrogens with zero attached hydrogens (tertiary/aromatic N) is 2. The molecule has 4 aromatic rings. The van der Waals surface area contributed by atoms with E-state index in [0.717, 1.165) is 50.3 Å². The number of urea groups is 1. The number of carbonyl (C=O) groups excluding carboxylic acids is 2. The summed E-state index contributed by atoms with van der Waals surface area (Å²) in [6.45, 7) is 13.0. The third-order valence-electron chi connectivity index (χ3n) is 11.4. The second-order valence-electron chi connectivity index (χ2n) is 16.6. The maximum absolute atomic E-state index is 13.1. The molecule has 2 aliphatic heterocycles. The molecule has 4 aromatic carbocycles.